The maximum Gasteiger partial charge on any atom is 0.234 e. The monoisotopic (exact) mass is 339 g/mol. The predicted octanol–water partition coefficient (Wildman–Crippen LogP) is 3.11. The van der Waals surface area contributed by atoms with E-state index in [1.165, 1.54) is 36.8 Å². The van der Waals surface area contributed by atoms with Crippen molar-refractivity contribution >= 4 is 11.5 Å². The average molecular weight is 339 g/mol. The zero-order valence-corrected chi connectivity index (χ0v) is 15.2. The number of fused-ring (bicyclic) bond motifs is 2. The summed E-state index contributed by atoms with van der Waals surface area (Å²) in [5.74, 6) is 2.70. The fourth-order valence-corrected chi connectivity index (χ4v) is 5.19. The van der Waals surface area contributed by atoms with Gasteiger partial charge in [-0.25, -0.2) is 0 Å². The van der Waals surface area contributed by atoms with E-state index in [0.29, 0.717) is 18.5 Å². The molecule has 2 heterocycles. The molecule has 1 N–H and O–H groups in total. The van der Waals surface area contributed by atoms with Gasteiger partial charge in [-0.05, 0) is 67.6 Å². The molecule has 0 spiro atoms. The van der Waals surface area contributed by atoms with Crippen LogP contribution >= 0.6 is 0 Å². The van der Waals surface area contributed by atoms with E-state index in [4.69, 9.17) is 0 Å². The number of hydrogen-bond donors (Lipinski definition) is 1. The number of aromatic nitrogens is 1. The van der Waals surface area contributed by atoms with Crippen LogP contribution in [0.5, 0.6) is 0 Å². The Kier molecular flexibility index (Phi) is 4.89. The summed E-state index contributed by atoms with van der Waals surface area (Å²) >= 11 is 0. The van der Waals surface area contributed by atoms with Crippen LogP contribution in [0.15, 0.2) is 30.6 Å². The van der Waals surface area contributed by atoms with E-state index < -0.39 is 0 Å². The number of nitrogens with one attached hydrogen (secondary N) is 1. The molecule has 0 saturated heterocycles. The van der Waals surface area contributed by atoms with Gasteiger partial charge in [0.2, 0.25) is 5.91 Å². The number of pyridine rings is 1. The minimum absolute atomic E-state index is 0.188. The standard InChI is InChI=1S/C21H29N3O/c1-15(20-12-16-4-5-18(20)11-16)23-21(25)14-24-9-6-17(7-10-24)19-3-2-8-22-13-19/h2-3,6,8,13,15-16,18,20H,4-5,7,9-12,14H2,1H3,(H,23,25)/t15-,16-,18-,20-/m0/s1. The lowest BCUT2D eigenvalue weighted by molar-refractivity contribution is -0.123. The van der Waals surface area contributed by atoms with E-state index >= 15 is 0 Å². The zero-order valence-electron chi connectivity index (χ0n) is 15.2. The Morgan fingerprint density at radius 3 is 2.96 bits per heavy atom. The Hall–Kier alpha value is -1.68. The number of nitrogens with zero attached hydrogens (tertiary/aromatic N) is 2. The van der Waals surface area contributed by atoms with Crippen molar-refractivity contribution in [2.75, 3.05) is 19.6 Å². The quantitative estimate of drug-likeness (QED) is 0.896. The van der Waals surface area contributed by atoms with Crippen molar-refractivity contribution < 1.29 is 4.79 Å². The molecule has 1 amide bonds. The van der Waals surface area contributed by atoms with Gasteiger partial charge >= 0.3 is 0 Å². The molecule has 2 aliphatic carbocycles. The Bertz CT molecular complexity index is 642. The fraction of sp³-hybridized carbons (Fsp3) is 0.619. The Balaban J connectivity index is 1.25. The van der Waals surface area contributed by atoms with E-state index in [9.17, 15) is 4.79 Å². The van der Waals surface area contributed by atoms with Gasteiger partial charge in [-0.2, -0.15) is 0 Å². The Morgan fingerprint density at radius 2 is 2.32 bits per heavy atom. The molecule has 4 atom stereocenters. The van der Waals surface area contributed by atoms with Gasteiger partial charge in [-0.1, -0.05) is 18.6 Å². The second-order valence-corrected chi connectivity index (χ2v) is 8.15. The second-order valence-electron chi connectivity index (χ2n) is 8.15. The van der Waals surface area contributed by atoms with E-state index in [-0.39, 0.29) is 5.91 Å². The molecule has 1 aromatic rings. The van der Waals surface area contributed by atoms with Gasteiger partial charge in [0.05, 0.1) is 6.54 Å². The van der Waals surface area contributed by atoms with E-state index in [1.807, 2.05) is 12.3 Å². The second kappa shape index (κ2) is 7.28. The average Bonchev–Trinajstić information content (AvgIpc) is 3.26. The van der Waals surface area contributed by atoms with Crippen molar-refractivity contribution in [1.82, 2.24) is 15.2 Å². The highest BCUT2D eigenvalue weighted by Gasteiger charge is 2.42. The van der Waals surface area contributed by atoms with Gasteiger partial charge in [0, 0.05) is 31.5 Å². The highest BCUT2D eigenvalue weighted by atomic mass is 16.2. The van der Waals surface area contributed by atoms with Gasteiger partial charge in [-0.3, -0.25) is 14.7 Å². The SMILES string of the molecule is C[C@H](NC(=O)CN1CC=C(c2cccnc2)CC1)[C@@H]1C[C@H]2CC[C@H]1C2. The summed E-state index contributed by atoms with van der Waals surface area (Å²) in [6, 6.07) is 4.42. The number of amides is 1. The van der Waals surface area contributed by atoms with Crippen LogP contribution in [0.3, 0.4) is 0 Å². The molecule has 0 unspecified atom stereocenters. The topological polar surface area (TPSA) is 45.2 Å². The molecule has 0 radical (unpaired) electrons. The molecule has 2 bridgehead atoms. The summed E-state index contributed by atoms with van der Waals surface area (Å²) in [5, 5.41) is 3.29. The summed E-state index contributed by atoms with van der Waals surface area (Å²) < 4.78 is 0. The summed E-state index contributed by atoms with van der Waals surface area (Å²) in [7, 11) is 0. The number of rotatable bonds is 5. The Morgan fingerprint density at radius 1 is 1.40 bits per heavy atom. The van der Waals surface area contributed by atoms with Gasteiger partial charge in [0.25, 0.3) is 0 Å². The lowest BCUT2D eigenvalue weighted by Crippen LogP contribution is -2.45. The largest absolute Gasteiger partial charge is 0.352 e. The van der Waals surface area contributed by atoms with Crippen LogP contribution in [0.4, 0.5) is 0 Å². The first-order chi connectivity index (χ1) is 12.2. The molecule has 3 aliphatic rings. The predicted molar refractivity (Wildman–Crippen MR) is 99.8 cm³/mol. The molecular formula is C21H29N3O. The fourth-order valence-electron chi connectivity index (χ4n) is 5.19. The van der Waals surface area contributed by atoms with Crippen LogP contribution in [0.2, 0.25) is 0 Å². The van der Waals surface area contributed by atoms with Crippen LogP contribution in [-0.2, 0) is 4.79 Å². The minimum atomic E-state index is 0.188. The molecule has 2 fully saturated rings. The lowest BCUT2D eigenvalue weighted by atomic mass is 9.84. The first-order valence-corrected chi connectivity index (χ1v) is 9.80. The first-order valence-electron chi connectivity index (χ1n) is 9.80. The summed E-state index contributed by atoms with van der Waals surface area (Å²) in [6.07, 6.45) is 12.5. The zero-order chi connectivity index (χ0) is 17.2. The van der Waals surface area contributed by atoms with Gasteiger partial charge in [-0.15, -0.1) is 0 Å². The number of carbonyl (C=O) groups is 1. The normalized spacial score (nSPS) is 30.1. The molecule has 1 aromatic heterocycles. The van der Waals surface area contributed by atoms with Crippen molar-refractivity contribution in [2.45, 2.75) is 45.1 Å². The van der Waals surface area contributed by atoms with Gasteiger partial charge in [0.15, 0.2) is 0 Å². The van der Waals surface area contributed by atoms with Crippen molar-refractivity contribution in [3.63, 3.8) is 0 Å². The van der Waals surface area contributed by atoms with E-state index in [0.717, 1.165) is 31.3 Å². The van der Waals surface area contributed by atoms with E-state index in [1.54, 1.807) is 6.20 Å². The van der Waals surface area contributed by atoms with Gasteiger partial charge < -0.3 is 5.32 Å². The smallest absolute Gasteiger partial charge is 0.234 e. The highest BCUT2D eigenvalue weighted by Crippen LogP contribution is 2.49. The van der Waals surface area contributed by atoms with Crippen LogP contribution in [-0.4, -0.2) is 41.5 Å². The van der Waals surface area contributed by atoms with E-state index in [2.05, 4.69) is 34.3 Å². The highest BCUT2D eigenvalue weighted by molar-refractivity contribution is 5.78. The molecular weight excluding hydrogens is 310 g/mol. The van der Waals surface area contributed by atoms with Crippen molar-refractivity contribution in [3.8, 4) is 0 Å². The summed E-state index contributed by atoms with van der Waals surface area (Å²) in [6.45, 7) is 4.51. The van der Waals surface area contributed by atoms with Crippen LogP contribution in [0, 0.1) is 17.8 Å². The van der Waals surface area contributed by atoms with Crippen molar-refractivity contribution in [1.29, 1.82) is 0 Å². The third-order valence-electron chi connectivity index (χ3n) is 6.52. The minimum Gasteiger partial charge on any atom is -0.352 e. The Labute approximate surface area is 150 Å². The maximum absolute atomic E-state index is 12.5. The summed E-state index contributed by atoms with van der Waals surface area (Å²) in [5.41, 5.74) is 2.55. The van der Waals surface area contributed by atoms with Crippen molar-refractivity contribution in [2.24, 2.45) is 17.8 Å². The first kappa shape index (κ1) is 16.8. The van der Waals surface area contributed by atoms with Crippen molar-refractivity contribution in [3.05, 3.63) is 36.2 Å². The van der Waals surface area contributed by atoms with Crippen LogP contribution in [0.25, 0.3) is 5.57 Å². The molecule has 1 aliphatic heterocycles. The maximum atomic E-state index is 12.5. The molecule has 4 nitrogen and oxygen atoms in total. The molecule has 25 heavy (non-hydrogen) atoms. The summed E-state index contributed by atoms with van der Waals surface area (Å²) in [4.78, 5) is 18.9. The molecule has 134 valence electrons. The molecule has 2 saturated carbocycles. The number of hydrogen-bond acceptors (Lipinski definition) is 3. The van der Waals surface area contributed by atoms with Crippen LogP contribution < -0.4 is 5.32 Å². The van der Waals surface area contributed by atoms with Gasteiger partial charge in [0.1, 0.15) is 0 Å². The third kappa shape index (κ3) is 3.79. The molecule has 4 heteroatoms. The lowest BCUT2D eigenvalue weighted by Gasteiger charge is -2.30. The molecule has 4 rings (SSSR count). The third-order valence-corrected chi connectivity index (χ3v) is 6.52. The van der Waals surface area contributed by atoms with Crippen LogP contribution in [0.1, 0.15) is 44.6 Å². The number of carbonyl (C=O) groups excluding carboxylic acids is 1. The molecule has 0 aromatic carbocycles.